The van der Waals surface area contributed by atoms with Crippen molar-refractivity contribution in [3.63, 3.8) is 0 Å². The monoisotopic (exact) mass is 296 g/mol. The molecule has 21 heavy (non-hydrogen) atoms. The molecule has 3 heteroatoms. The van der Waals surface area contributed by atoms with Crippen LogP contribution in [0.15, 0.2) is 53.4 Å². The highest BCUT2D eigenvalue weighted by Crippen LogP contribution is 2.41. The first-order chi connectivity index (χ1) is 10.3. The average molecular weight is 296 g/mol. The van der Waals surface area contributed by atoms with Gasteiger partial charge in [0.1, 0.15) is 5.75 Å². The summed E-state index contributed by atoms with van der Waals surface area (Å²) in [4.78, 5) is 14.0. The molecular formula is C18H16O2S. The Balaban J connectivity index is 1.60. The smallest absolute Gasteiger partial charge is 0.171 e. The topological polar surface area (TPSA) is 26.3 Å². The Morgan fingerprint density at radius 2 is 1.95 bits per heavy atom. The van der Waals surface area contributed by atoms with Gasteiger partial charge in [0.25, 0.3) is 0 Å². The third-order valence-corrected chi connectivity index (χ3v) is 5.14. The van der Waals surface area contributed by atoms with Gasteiger partial charge in [-0.3, -0.25) is 4.79 Å². The van der Waals surface area contributed by atoms with E-state index in [4.69, 9.17) is 4.74 Å². The Morgan fingerprint density at radius 1 is 1.10 bits per heavy atom. The molecular weight excluding hydrogens is 280 g/mol. The summed E-state index contributed by atoms with van der Waals surface area (Å²) in [5, 5.41) is 0. The lowest BCUT2D eigenvalue weighted by molar-refractivity contribution is 0.0968. The van der Waals surface area contributed by atoms with Crippen molar-refractivity contribution in [2.45, 2.75) is 29.8 Å². The van der Waals surface area contributed by atoms with Gasteiger partial charge in [-0.1, -0.05) is 30.3 Å². The minimum Gasteiger partial charge on any atom is -0.490 e. The van der Waals surface area contributed by atoms with Crippen molar-refractivity contribution < 1.29 is 9.53 Å². The minimum atomic E-state index is -0.0256. The second-order valence-corrected chi connectivity index (χ2v) is 6.67. The molecule has 1 aliphatic heterocycles. The summed E-state index contributed by atoms with van der Waals surface area (Å²) in [6, 6.07) is 15.9. The van der Waals surface area contributed by atoms with Gasteiger partial charge >= 0.3 is 0 Å². The van der Waals surface area contributed by atoms with Crippen molar-refractivity contribution in [1.29, 1.82) is 0 Å². The van der Waals surface area contributed by atoms with Crippen LogP contribution in [0.4, 0.5) is 0 Å². The van der Waals surface area contributed by atoms with Gasteiger partial charge in [0, 0.05) is 16.2 Å². The molecule has 1 unspecified atom stereocenters. The van der Waals surface area contributed by atoms with E-state index in [1.165, 1.54) is 10.5 Å². The molecule has 4 rings (SSSR count). The molecule has 1 fully saturated rings. The van der Waals surface area contributed by atoms with E-state index in [0.717, 1.165) is 29.9 Å². The number of rotatable bonds is 4. The van der Waals surface area contributed by atoms with Crippen LogP contribution in [0, 0.1) is 0 Å². The van der Waals surface area contributed by atoms with Crippen LogP contribution in [0.5, 0.6) is 5.75 Å². The Bertz CT molecular complexity index is 691. The van der Waals surface area contributed by atoms with Crippen LogP contribution in [0.3, 0.4) is 0 Å². The third-order valence-electron chi connectivity index (χ3n) is 3.96. The molecule has 106 valence electrons. The normalized spacial score (nSPS) is 20.1. The highest BCUT2D eigenvalue weighted by atomic mass is 32.2. The molecule has 1 aliphatic carbocycles. The number of benzene rings is 2. The average Bonchev–Trinajstić information content (AvgIpc) is 3.23. The maximum atomic E-state index is 12.8. The van der Waals surface area contributed by atoms with E-state index >= 15 is 0 Å². The van der Waals surface area contributed by atoms with Crippen molar-refractivity contribution >= 4 is 17.5 Å². The molecule has 0 aromatic heterocycles. The van der Waals surface area contributed by atoms with Crippen molar-refractivity contribution in [3.05, 3.63) is 59.7 Å². The van der Waals surface area contributed by atoms with Crippen LogP contribution in [0.1, 0.15) is 34.7 Å². The van der Waals surface area contributed by atoms with E-state index in [9.17, 15) is 4.79 Å². The third kappa shape index (κ3) is 2.58. The van der Waals surface area contributed by atoms with Gasteiger partial charge in [0.2, 0.25) is 0 Å². The first-order valence-electron chi connectivity index (χ1n) is 7.34. The van der Waals surface area contributed by atoms with Gasteiger partial charge in [-0.05, 0) is 36.6 Å². The molecule has 1 saturated carbocycles. The molecule has 2 nitrogen and oxygen atoms in total. The highest BCUT2D eigenvalue weighted by Gasteiger charge is 2.30. The fourth-order valence-corrected chi connectivity index (χ4v) is 3.91. The second kappa shape index (κ2) is 5.23. The van der Waals surface area contributed by atoms with Gasteiger partial charge < -0.3 is 4.74 Å². The number of ether oxygens (including phenoxy) is 1. The standard InChI is InChI=1S/C18H16O2S/c19-18(16-11-21-17-7-2-1-6-15(16)17)12-4-3-5-14(10-12)20-13-8-9-13/h1-7,10,13,16H,8-9,11H2. The molecule has 1 atom stereocenters. The summed E-state index contributed by atoms with van der Waals surface area (Å²) >= 11 is 1.77. The summed E-state index contributed by atoms with van der Waals surface area (Å²) in [6.07, 6.45) is 2.62. The summed E-state index contributed by atoms with van der Waals surface area (Å²) in [7, 11) is 0. The van der Waals surface area contributed by atoms with E-state index in [1.54, 1.807) is 11.8 Å². The number of ketones is 1. The van der Waals surface area contributed by atoms with Gasteiger partial charge in [-0.2, -0.15) is 0 Å². The van der Waals surface area contributed by atoms with Crippen LogP contribution in [-0.4, -0.2) is 17.6 Å². The number of hydrogen-bond donors (Lipinski definition) is 0. The van der Waals surface area contributed by atoms with Gasteiger partial charge in [-0.15, -0.1) is 11.8 Å². The maximum absolute atomic E-state index is 12.8. The Morgan fingerprint density at radius 3 is 2.81 bits per heavy atom. The van der Waals surface area contributed by atoms with E-state index in [-0.39, 0.29) is 11.7 Å². The maximum Gasteiger partial charge on any atom is 0.171 e. The van der Waals surface area contributed by atoms with Gasteiger partial charge in [-0.25, -0.2) is 0 Å². The number of carbonyl (C=O) groups excluding carboxylic acids is 1. The van der Waals surface area contributed by atoms with Crippen LogP contribution in [0.2, 0.25) is 0 Å². The summed E-state index contributed by atoms with van der Waals surface area (Å²) < 4.78 is 5.79. The predicted molar refractivity (Wildman–Crippen MR) is 84.3 cm³/mol. The van der Waals surface area contributed by atoms with Crippen LogP contribution in [0.25, 0.3) is 0 Å². The lowest BCUT2D eigenvalue weighted by atomic mass is 9.92. The Hall–Kier alpha value is -1.74. The molecule has 0 radical (unpaired) electrons. The molecule has 2 aromatic rings. The van der Waals surface area contributed by atoms with Crippen LogP contribution < -0.4 is 4.74 Å². The van der Waals surface area contributed by atoms with Crippen molar-refractivity contribution in [2.24, 2.45) is 0 Å². The van der Waals surface area contributed by atoms with Gasteiger partial charge in [0.15, 0.2) is 5.78 Å². The Labute approximate surface area is 128 Å². The molecule has 0 amide bonds. The number of fused-ring (bicyclic) bond motifs is 1. The SMILES string of the molecule is O=C(c1cccc(OC2CC2)c1)C1CSc2ccccc21. The summed E-state index contributed by atoms with van der Waals surface area (Å²) in [5.41, 5.74) is 1.93. The van der Waals surface area contributed by atoms with Crippen LogP contribution >= 0.6 is 11.8 Å². The molecule has 2 aromatic carbocycles. The largest absolute Gasteiger partial charge is 0.490 e. The van der Waals surface area contributed by atoms with E-state index in [1.807, 2.05) is 36.4 Å². The van der Waals surface area contributed by atoms with Gasteiger partial charge in [0.05, 0.1) is 12.0 Å². The minimum absolute atomic E-state index is 0.0256. The molecule has 0 spiro atoms. The fourth-order valence-electron chi connectivity index (χ4n) is 2.68. The molecule has 0 bridgehead atoms. The van der Waals surface area contributed by atoms with Crippen molar-refractivity contribution in [2.75, 3.05) is 5.75 Å². The van der Waals surface area contributed by atoms with E-state index < -0.39 is 0 Å². The molecule has 1 heterocycles. The lowest BCUT2D eigenvalue weighted by Crippen LogP contribution is -2.12. The van der Waals surface area contributed by atoms with Crippen molar-refractivity contribution in [3.8, 4) is 5.75 Å². The number of hydrogen-bond acceptors (Lipinski definition) is 3. The molecule has 2 aliphatic rings. The summed E-state index contributed by atoms with van der Waals surface area (Å²) in [5.74, 6) is 1.84. The zero-order chi connectivity index (χ0) is 14.2. The molecule has 0 N–H and O–H groups in total. The van der Waals surface area contributed by atoms with Crippen LogP contribution in [-0.2, 0) is 0 Å². The zero-order valence-electron chi connectivity index (χ0n) is 11.6. The first kappa shape index (κ1) is 13.0. The fraction of sp³-hybridized carbons (Fsp3) is 0.278. The number of carbonyl (C=O) groups is 1. The van der Waals surface area contributed by atoms with E-state index in [2.05, 4.69) is 12.1 Å². The Kier molecular flexibility index (Phi) is 3.23. The number of thioether (sulfide) groups is 1. The second-order valence-electron chi connectivity index (χ2n) is 5.61. The highest BCUT2D eigenvalue weighted by molar-refractivity contribution is 7.99. The zero-order valence-corrected chi connectivity index (χ0v) is 12.4. The summed E-state index contributed by atoms with van der Waals surface area (Å²) in [6.45, 7) is 0. The predicted octanol–water partition coefficient (Wildman–Crippen LogP) is 4.30. The molecule has 0 saturated heterocycles. The number of Topliss-reactive ketones (excluding diaryl/α,β-unsaturated/α-hetero) is 1. The quantitative estimate of drug-likeness (QED) is 0.787. The first-order valence-corrected chi connectivity index (χ1v) is 8.32. The van der Waals surface area contributed by atoms with Crippen molar-refractivity contribution in [1.82, 2.24) is 0 Å². The van der Waals surface area contributed by atoms with E-state index in [0.29, 0.717) is 6.10 Å². The lowest BCUT2D eigenvalue weighted by Gasteiger charge is -2.11.